The van der Waals surface area contributed by atoms with Crippen LogP contribution in [0.15, 0.2) is 24.3 Å². The number of likely N-dealkylation sites (N-methyl/N-ethyl adjacent to an activating group) is 1. The molecular weight excluding hydrogens is 262 g/mol. The molecule has 110 valence electrons. The number of nitrogens with zero attached hydrogens (tertiary/aromatic N) is 1. The topological polar surface area (TPSA) is 21.7 Å². The first-order valence-electron chi connectivity index (χ1n) is 6.88. The van der Waals surface area contributed by atoms with Gasteiger partial charge in [0, 0.05) is 12.6 Å². The zero-order valence-corrected chi connectivity index (χ0v) is 13.0. The molecule has 3 nitrogen and oxygen atoms in total. The van der Waals surface area contributed by atoms with Crippen LogP contribution in [0.5, 0.6) is 11.5 Å². The number of hydrogen-bond donors (Lipinski definition) is 0. The molecular formula is C15H26ClNO2. The summed E-state index contributed by atoms with van der Waals surface area (Å²) in [5, 5.41) is 0. The molecule has 0 unspecified atom stereocenters. The lowest BCUT2D eigenvalue weighted by Gasteiger charge is -2.18. The van der Waals surface area contributed by atoms with Crippen molar-refractivity contribution in [1.29, 1.82) is 0 Å². The van der Waals surface area contributed by atoms with Gasteiger partial charge in [0.1, 0.15) is 18.1 Å². The van der Waals surface area contributed by atoms with E-state index in [0.29, 0.717) is 0 Å². The van der Waals surface area contributed by atoms with Crippen molar-refractivity contribution in [3.8, 4) is 11.5 Å². The van der Waals surface area contributed by atoms with Crippen LogP contribution in [0.1, 0.15) is 27.2 Å². The smallest absolute Gasteiger partial charge is 0.123 e. The molecule has 1 aromatic rings. The summed E-state index contributed by atoms with van der Waals surface area (Å²) in [6, 6.07) is 7.86. The minimum Gasteiger partial charge on any atom is -0.493 e. The van der Waals surface area contributed by atoms with E-state index in [1.165, 1.54) is 0 Å². The van der Waals surface area contributed by atoms with Crippen LogP contribution in [0, 0.1) is 0 Å². The number of halogens is 1. The van der Waals surface area contributed by atoms with Crippen LogP contribution in [-0.2, 0) is 0 Å². The van der Waals surface area contributed by atoms with E-state index in [2.05, 4.69) is 25.7 Å². The van der Waals surface area contributed by atoms with E-state index >= 15 is 0 Å². The molecule has 19 heavy (non-hydrogen) atoms. The molecule has 0 spiro atoms. The average molecular weight is 288 g/mol. The molecule has 0 amide bonds. The molecule has 0 radical (unpaired) electrons. The van der Waals surface area contributed by atoms with Gasteiger partial charge >= 0.3 is 0 Å². The molecule has 0 atom stereocenters. The van der Waals surface area contributed by atoms with Gasteiger partial charge in [0.2, 0.25) is 0 Å². The highest BCUT2D eigenvalue weighted by molar-refractivity contribution is 5.85. The van der Waals surface area contributed by atoms with Gasteiger partial charge in [-0.25, -0.2) is 0 Å². The van der Waals surface area contributed by atoms with E-state index in [-0.39, 0.29) is 12.4 Å². The second kappa shape index (κ2) is 10.9. The highest BCUT2D eigenvalue weighted by Gasteiger charge is 2.01. The van der Waals surface area contributed by atoms with Crippen molar-refractivity contribution in [2.24, 2.45) is 0 Å². The van der Waals surface area contributed by atoms with Gasteiger partial charge in [0.05, 0.1) is 6.61 Å². The van der Waals surface area contributed by atoms with Crippen LogP contribution in [0.4, 0.5) is 0 Å². The van der Waals surface area contributed by atoms with E-state index in [9.17, 15) is 0 Å². The molecule has 1 aromatic carbocycles. The second-order valence-electron chi connectivity index (χ2n) is 4.20. The lowest BCUT2D eigenvalue weighted by molar-refractivity contribution is 0.222. The second-order valence-corrected chi connectivity index (χ2v) is 4.20. The summed E-state index contributed by atoms with van der Waals surface area (Å²) in [5.74, 6) is 1.77. The molecule has 0 aliphatic carbocycles. The lowest BCUT2D eigenvalue weighted by Crippen LogP contribution is -2.27. The van der Waals surface area contributed by atoms with Crippen molar-refractivity contribution in [3.63, 3.8) is 0 Å². The fraction of sp³-hybridized carbons (Fsp3) is 0.600. The molecule has 0 aliphatic heterocycles. The number of rotatable bonds is 9. The molecule has 0 aromatic heterocycles. The van der Waals surface area contributed by atoms with Crippen molar-refractivity contribution in [2.75, 3.05) is 32.8 Å². The van der Waals surface area contributed by atoms with Crippen LogP contribution >= 0.6 is 12.4 Å². The molecule has 0 bridgehead atoms. The fourth-order valence-electron chi connectivity index (χ4n) is 1.71. The van der Waals surface area contributed by atoms with Gasteiger partial charge in [-0.3, -0.25) is 0 Å². The molecule has 0 aliphatic rings. The quantitative estimate of drug-likeness (QED) is 0.692. The Morgan fingerprint density at radius 3 is 2.05 bits per heavy atom. The highest BCUT2D eigenvalue weighted by atomic mass is 35.5. The van der Waals surface area contributed by atoms with Gasteiger partial charge < -0.3 is 14.4 Å². The Balaban J connectivity index is 0.00000324. The SMILES string of the molecule is CCCOc1cccc(OCCN(CC)CC)c1.Cl. The Bertz CT molecular complexity index is 330. The molecule has 0 saturated carbocycles. The Morgan fingerprint density at radius 1 is 0.947 bits per heavy atom. The standard InChI is InChI=1S/C15H25NO2.ClH/c1-4-11-17-14-8-7-9-15(13-14)18-12-10-16(5-2)6-3;/h7-9,13H,4-6,10-12H2,1-3H3;1H. The van der Waals surface area contributed by atoms with Gasteiger partial charge in [0.15, 0.2) is 0 Å². The fourth-order valence-corrected chi connectivity index (χ4v) is 1.71. The monoisotopic (exact) mass is 287 g/mol. The van der Waals surface area contributed by atoms with Crippen LogP contribution in [0.25, 0.3) is 0 Å². The van der Waals surface area contributed by atoms with Crippen molar-refractivity contribution in [3.05, 3.63) is 24.3 Å². The largest absolute Gasteiger partial charge is 0.493 e. The van der Waals surface area contributed by atoms with E-state index in [1.807, 2.05) is 24.3 Å². The first kappa shape index (κ1) is 18.1. The number of hydrogen-bond acceptors (Lipinski definition) is 3. The molecule has 1 rings (SSSR count). The normalized spacial score (nSPS) is 10.1. The third-order valence-corrected chi connectivity index (χ3v) is 2.85. The van der Waals surface area contributed by atoms with E-state index < -0.39 is 0 Å². The molecule has 0 N–H and O–H groups in total. The van der Waals surface area contributed by atoms with Gasteiger partial charge in [-0.2, -0.15) is 0 Å². The molecule has 0 fully saturated rings. The Morgan fingerprint density at radius 2 is 1.53 bits per heavy atom. The van der Waals surface area contributed by atoms with Crippen LogP contribution in [-0.4, -0.2) is 37.7 Å². The zero-order chi connectivity index (χ0) is 13.2. The van der Waals surface area contributed by atoms with E-state index in [1.54, 1.807) is 0 Å². The maximum absolute atomic E-state index is 5.74. The summed E-state index contributed by atoms with van der Waals surface area (Å²) in [6.45, 7) is 11.0. The Hall–Kier alpha value is -0.930. The number of ether oxygens (including phenoxy) is 2. The van der Waals surface area contributed by atoms with Gasteiger partial charge in [-0.1, -0.05) is 26.8 Å². The summed E-state index contributed by atoms with van der Waals surface area (Å²) >= 11 is 0. The summed E-state index contributed by atoms with van der Waals surface area (Å²) in [6.07, 6.45) is 1.02. The third kappa shape index (κ3) is 7.28. The third-order valence-electron chi connectivity index (χ3n) is 2.85. The summed E-state index contributed by atoms with van der Waals surface area (Å²) in [5.41, 5.74) is 0. The number of benzene rings is 1. The predicted molar refractivity (Wildman–Crippen MR) is 82.8 cm³/mol. The summed E-state index contributed by atoms with van der Waals surface area (Å²) < 4.78 is 11.3. The van der Waals surface area contributed by atoms with Crippen LogP contribution in [0.3, 0.4) is 0 Å². The van der Waals surface area contributed by atoms with E-state index in [0.717, 1.165) is 50.8 Å². The van der Waals surface area contributed by atoms with Crippen molar-refractivity contribution in [1.82, 2.24) is 4.90 Å². The minimum atomic E-state index is 0. The summed E-state index contributed by atoms with van der Waals surface area (Å²) in [4.78, 5) is 2.34. The zero-order valence-electron chi connectivity index (χ0n) is 12.2. The Kier molecular flexibility index (Phi) is 10.4. The van der Waals surface area contributed by atoms with Gasteiger partial charge in [0.25, 0.3) is 0 Å². The minimum absolute atomic E-state index is 0. The van der Waals surface area contributed by atoms with Crippen molar-refractivity contribution in [2.45, 2.75) is 27.2 Å². The first-order valence-corrected chi connectivity index (χ1v) is 6.88. The molecule has 4 heteroatoms. The van der Waals surface area contributed by atoms with Crippen LogP contribution < -0.4 is 9.47 Å². The average Bonchev–Trinajstić information content (AvgIpc) is 2.42. The maximum atomic E-state index is 5.74. The highest BCUT2D eigenvalue weighted by Crippen LogP contribution is 2.19. The molecule has 0 saturated heterocycles. The van der Waals surface area contributed by atoms with E-state index in [4.69, 9.17) is 9.47 Å². The van der Waals surface area contributed by atoms with Gasteiger partial charge in [-0.15, -0.1) is 12.4 Å². The lowest BCUT2D eigenvalue weighted by atomic mass is 10.3. The van der Waals surface area contributed by atoms with Crippen molar-refractivity contribution >= 4 is 12.4 Å². The first-order chi connectivity index (χ1) is 8.80. The van der Waals surface area contributed by atoms with Gasteiger partial charge in [-0.05, 0) is 31.6 Å². The summed E-state index contributed by atoms with van der Waals surface area (Å²) in [7, 11) is 0. The Labute approximate surface area is 123 Å². The predicted octanol–water partition coefficient (Wildman–Crippen LogP) is 3.62. The van der Waals surface area contributed by atoms with Crippen LogP contribution in [0.2, 0.25) is 0 Å². The van der Waals surface area contributed by atoms with Crippen molar-refractivity contribution < 1.29 is 9.47 Å². The molecule has 0 heterocycles. The maximum Gasteiger partial charge on any atom is 0.123 e.